The van der Waals surface area contributed by atoms with Gasteiger partial charge in [-0.2, -0.15) is 5.10 Å². The molecule has 2 N–H and O–H groups in total. The summed E-state index contributed by atoms with van der Waals surface area (Å²) in [6.07, 6.45) is 6.49. The Hall–Kier alpha value is -1.40. The molecule has 0 spiro atoms. The summed E-state index contributed by atoms with van der Waals surface area (Å²) < 4.78 is 7.38. The Morgan fingerprint density at radius 3 is 2.84 bits per heavy atom. The van der Waals surface area contributed by atoms with Crippen LogP contribution in [0.3, 0.4) is 0 Å². The molecule has 0 saturated carbocycles. The van der Waals surface area contributed by atoms with E-state index >= 15 is 0 Å². The highest BCUT2D eigenvalue weighted by molar-refractivity contribution is 5.75. The lowest BCUT2D eigenvalue weighted by atomic mass is 10.1. The summed E-state index contributed by atoms with van der Waals surface area (Å²) in [4.78, 5) is 13.9. The van der Waals surface area contributed by atoms with Crippen LogP contribution in [-0.2, 0) is 16.1 Å². The molecule has 6 heteroatoms. The Bertz CT molecular complexity index is 372. The van der Waals surface area contributed by atoms with Crippen molar-refractivity contribution in [3.05, 3.63) is 18.5 Å². The van der Waals surface area contributed by atoms with Gasteiger partial charge < -0.3 is 15.4 Å². The molecule has 0 unspecified atom stereocenters. The smallest absolute Gasteiger partial charge is 0.244 e. The van der Waals surface area contributed by atoms with Gasteiger partial charge in [0.1, 0.15) is 6.54 Å². The Morgan fingerprint density at radius 2 is 2.21 bits per heavy atom. The van der Waals surface area contributed by atoms with Crippen molar-refractivity contribution < 1.29 is 9.53 Å². The van der Waals surface area contributed by atoms with Crippen LogP contribution in [0.4, 0.5) is 0 Å². The molecule has 1 fully saturated rings. The molecular formula is C13H22N4O2. The van der Waals surface area contributed by atoms with Crippen molar-refractivity contribution in [1.82, 2.24) is 14.7 Å². The van der Waals surface area contributed by atoms with Crippen LogP contribution in [0.1, 0.15) is 19.3 Å². The van der Waals surface area contributed by atoms with E-state index in [2.05, 4.69) is 5.10 Å². The minimum absolute atomic E-state index is 0.129. The summed E-state index contributed by atoms with van der Waals surface area (Å²) in [5.41, 5.74) is 5.43. The Labute approximate surface area is 113 Å². The number of nitrogens with two attached hydrogens (primary N) is 1. The number of hydrogen-bond donors (Lipinski definition) is 1. The molecule has 0 aromatic carbocycles. The van der Waals surface area contributed by atoms with Gasteiger partial charge in [-0.05, 0) is 31.9 Å². The minimum atomic E-state index is 0.129. The minimum Gasteiger partial charge on any atom is -0.378 e. The van der Waals surface area contributed by atoms with Crippen LogP contribution in [0.25, 0.3) is 0 Å². The van der Waals surface area contributed by atoms with E-state index in [0.29, 0.717) is 13.1 Å². The average molecular weight is 266 g/mol. The van der Waals surface area contributed by atoms with E-state index < -0.39 is 0 Å². The zero-order chi connectivity index (χ0) is 13.5. The van der Waals surface area contributed by atoms with Crippen LogP contribution in [0.5, 0.6) is 0 Å². The standard InChI is InChI=1S/C13H22N4O2/c14-5-1-10-19-12-3-8-16(9-4-12)13(18)11-17-7-2-6-15-17/h2,6-7,12H,1,3-5,8-11,14H2. The van der Waals surface area contributed by atoms with Crippen LogP contribution in [0, 0.1) is 0 Å². The number of carbonyl (C=O) groups is 1. The second-order valence-electron chi connectivity index (χ2n) is 4.80. The van der Waals surface area contributed by atoms with Gasteiger partial charge in [-0.1, -0.05) is 0 Å². The molecule has 1 amide bonds. The van der Waals surface area contributed by atoms with Crippen LogP contribution < -0.4 is 5.73 Å². The molecule has 0 aliphatic carbocycles. The van der Waals surface area contributed by atoms with Crippen LogP contribution in [0.15, 0.2) is 18.5 Å². The molecule has 0 atom stereocenters. The number of aromatic nitrogens is 2. The third-order valence-corrected chi connectivity index (χ3v) is 3.35. The van der Waals surface area contributed by atoms with Crippen molar-refractivity contribution in [3.63, 3.8) is 0 Å². The normalized spacial score (nSPS) is 16.8. The van der Waals surface area contributed by atoms with Gasteiger partial charge in [0.05, 0.1) is 6.10 Å². The molecule has 1 aromatic heterocycles. The highest BCUT2D eigenvalue weighted by Crippen LogP contribution is 2.14. The van der Waals surface area contributed by atoms with Crippen molar-refractivity contribution in [2.45, 2.75) is 31.9 Å². The molecule has 19 heavy (non-hydrogen) atoms. The van der Waals surface area contributed by atoms with Crippen molar-refractivity contribution in [2.24, 2.45) is 5.73 Å². The van der Waals surface area contributed by atoms with E-state index in [4.69, 9.17) is 10.5 Å². The molecule has 1 aliphatic heterocycles. The van der Waals surface area contributed by atoms with Gasteiger partial charge in [-0.3, -0.25) is 9.48 Å². The molecule has 6 nitrogen and oxygen atoms in total. The Morgan fingerprint density at radius 1 is 1.42 bits per heavy atom. The fourth-order valence-corrected chi connectivity index (χ4v) is 2.24. The average Bonchev–Trinajstić information content (AvgIpc) is 2.93. The van der Waals surface area contributed by atoms with E-state index in [1.807, 2.05) is 11.0 Å². The van der Waals surface area contributed by atoms with Gasteiger partial charge in [0.25, 0.3) is 0 Å². The van der Waals surface area contributed by atoms with E-state index in [9.17, 15) is 4.79 Å². The van der Waals surface area contributed by atoms with Crippen LogP contribution in [0.2, 0.25) is 0 Å². The lowest BCUT2D eigenvalue weighted by Crippen LogP contribution is -2.42. The third-order valence-electron chi connectivity index (χ3n) is 3.35. The largest absolute Gasteiger partial charge is 0.378 e. The van der Waals surface area contributed by atoms with Crippen LogP contribution >= 0.6 is 0 Å². The summed E-state index contributed by atoms with van der Waals surface area (Å²) >= 11 is 0. The number of nitrogens with zero attached hydrogens (tertiary/aromatic N) is 3. The fourth-order valence-electron chi connectivity index (χ4n) is 2.24. The van der Waals surface area contributed by atoms with E-state index in [1.54, 1.807) is 17.1 Å². The molecular weight excluding hydrogens is 244 g/mol. The summed E-state index contributed by atoms with van der Waals surface area (Å²) in [6.45, 7) is 3.26. The lowest BCUT2D eigenvalue weighted by molar-refractivity contribution is -0.134. The maximum Gasteiger partial charge on any atom is 0.244 e. The SMILES string of the molecule is NCCCOC1CCN(C(=O)Cn2cccn2)CC1. The Balaban J connectivity index is 1.69. The van der Waals surface area contributed by atoms with Crippen molar-refractivity contribution in [1.29, 1.82) is 0 Å². The number of piperidine rings is 1. The molecule has 2 rings (SSSR count). The summed E-state index contributed by atoms with van der Waals surface area (Å²) in [5.74, 6) is 0.129. The van der Waals surface area contributed by atoms with Gasteiger partial charge >= 0.3 is 0 Å². The fraction of sp³-hybridized carbons (Fsp3) is 0.692. The summed E-state index contributed by atoms with van der Waals surface area (Å²) in [7, 11) is 0. The zero-order valence-electron chi connectivity index (χ0n) is 11.2. The molecule has 1 saturated heterocycles. The first kappa shape index (κ1) is 14.0. The maximum absolute atomic E-state index is 12.0. The van der Waals surface area contributed by atoms with Gasteiger partial charge in [-0.25, -0.2) is 0 Å². The number of amides is 1. The molecule has 1 aromatic rings. The van der Waals surface area contributed by atoms with Gasteiger partial charge in [0, 0.05) is 32.1 Å². The van der Waals surface area contributed by atoms with E-state index in [0.717, 1.165) is 39.0 Å². The first-order valence-corrected chi connectivity index (χ1v) is 6.86. The number of ether oxygens (including phenoxy) is 1. The van der Waals surface area contributed by atoms with Gasteiger partial charge in [0.15, 0.2) is 0 Å². The van der Waals surface area contributed by atoms with Crippen LogP contribution in [-0.4, -0.2) is 52.9 Å². The highest BCUT2D eigenvalue weighted by Gasteiger charge is 2.23. The van der Waals surface area contributed by atoms with Crippen molar-refractivity contribution in [2.75, 3.05) is 26.2 Å². The predicted molar refractivity (Wildman–Crippen MR) is 71.5 cm³/mol. The number of hydrogen-bond acceptors (Lipinski definition) is 4. The summed E-state index contributed by atoms with van der Waals surface area (Å²) in [6, 6.07) is 1.82. The number of likely N-dealkylation sites (tertiary alicyclic amines) is 1. The van der Waals surface area contributed by atoms with E-state index in [-0.39, 0.29) is 12.0 Å². The second kappa shape index (κ2) is 7.25. The Kier molecular flexibility index (Phi) is 5.35. The highest BCUT2D eigenvalue weighted by atomic mass is 16.5. The van der Waals surface area contributed by atoms with Gasteiger partial charge in [0.2, 0.25) is 5.91 Å². The third kappa shape index (κ3) is 4.33. The second-order valence-corrected chi connectivity index (χ2v) is 4.80. The molecule has 0 bridgehead atoms. The molecule has 106 valence electrons. The number of rotatable bonds is 6. The first-order chi connectivity index (χ1) is 9.29. The van der Waals surface area contributed by atoms with Gasteiger partial charge in [-0.15, -0.1) is 0 Å². The molecule has 2 heterocycles. The quantitative estimate of drug-likeness (QED) is 0.749. The van der Waals surface area contributed by atoms with Crippen molar-refractivity contribution >= 4 is 5.91 Å². The maximum atomic E-state index is 12.0. The lowest BCUT2D eigenvalue weighted by Gasteiger charge is -2.32. The topological polar surface area (TPSA) is 73.4 Å². The zero-order valence-corrected chi connectivity index (χ0v) is 11.2. The van der Waals surface area contributed by atoms with E-state index in [1.165, 1.54) is 0 Å². The molecule has 0 radical (unpaired) electrons. The monoisotopic (exact) mass is 266 g/mol. The number of carbonyl (C=O) groups excluding carboxylic acids is 1. The summed E-state index contributed by atoms with van der Waals surface area (Å²) in [5, 5.41) is 4.05. The predicted octanol–water partition coefficient (Wildman–Crippen LogP) is 0.239. The van der Waals surface area contributed by atoms with Crippen molar-refractivity contribution in [3.8, 4) is 0 Å². The molecule has 1 aliphatic rings. The first-order valence-electron chi connectivity index (χ1n) is 6.86.